The Morgan fingerprint density at radius 2 is 1.70 bits per heavy atom. The van der Waals surface area contributed by atoms with Crippen molar-refractivity contribution in [2.45, 2.75) is 13.1 Å². The smallest absolute Gasteiger partial charge is 0.315 e. The molecule has 0 unspecified atom stereocenters. The number of urea groups is 1. The number of nitrogens with one attached hydrogen (secondary N) is 2. The van der Waals surface area contributed by atoms with E-state index in [2.05, 4.69) is 10.6 Å². The number of halogens is 1. The maximum absolute atomic E-state index is 11.9. The van der Waals surface area contributed by atoms with Crippen LogP contribution in [0.15, 0.2) is 42.5 Å². The molecule has 2 N–H and O–H groups in total. The van der Waals surface area contributed by atoms with Crippen molar-refractivity contribution in [1.29, 1.82) is 0 Å². The van der Waals surface area contributed by atoms with Gasteiger partial charge in [-0.05, 0) is 23.8 Å². The third-order valence-electron chi connectivity index (χ3n) is 3.29. The Morgan fingerprint density at radius 1 is 1.00 bits per heavy atom. The standard InChI is InChI=1S/C17H19ClN2O3/c1-22-15-5-3-4-13(16(15)23-2)11-20-17(21)19-10-12-6-8-14(18)9-7-12/h3-9H,10-11H2,1-2H3,(H2,19,20,21). The summed E-state index contributed by atoms with van der Waals surface area (Å²) in [4.78, 5) is 11.9. The number of carbonyl (C=O) groups excluding carboxylic acids is 1. The molecule has 122 valence electrons. The molecule has 2 amide bonds. The second-order valence-electron chi connectivity index (χ2n) is 4.82. The van der Waals surface area contributed by atoms with Crippen molar-refractivity contribution < 1.29 is 14.3 Å². The van der Waals surface area contributed by atoms with Gasteiger partial charge in [-0.25, -0.2) is 4.79 Å². The normalized spacial score (nSPS) is 10.0. The van der Waals surface area contributed by atoms with E-state index in [4.69, 9.17) is 21.1 Å². The van der Waals surface area contributed by atoms with Crippen molar-refractivity contribution in [2.24, 2.45) is 0 Å². The first kappa shape index (κ1) is 17.0. The Hall–Kier alpha value is -2.40. The fraction of sp³-hybridized carbons (Fsp3) is 0.235. The molecule has 0 fully saturated rings. The molecule has 0 spiro atoms. The van der Waals surface area contributed by atoms with Crippen LogP contribution in [0.2, 0.25) is 5.02 Å². The van der Waals surface area contributed by atoms with Crippen molar-refractivity contribution in [3.8, 4) is 11.5 Å². The van der Waals surface area contributed by atoms with Gasteiger partial charge < -0.3 is 20.1 Å². The fourth-order valence-electron chi connectivity index (χ4n) is 2.12. The number of benzene rings is 2. The van der Waals surface area contributed by atoms with Crippen LogP contribution >= 0.6 is 11.6 Å². The molecule has 0 bridgehead atoms. The van der Waals surface area contributed by atoms with E-state index in [1.807, 2.05) is 30.3 Å². The molecule has 2 rings (SSSR count). The van der Waals surface area contributed by atoms with Crippen molar-refractivity contribution in [3.63, 3.8) is 0 Å². The first-order chi connectivity index (χ1) is 11.1. The van der Waals surface area contributed by atoms with Crippen LogP contribution in [-0.4, -0.2) is 20.3 Å². The number of methoxy groups -OCH3 is 2. The molecule has 0 aliphatic carbocycles. The summed E-state index contributed by atoms with van der Waals surface area (Å²) < 4.78 is 10.6. The van der Waals surface area contributed by atoms with Crippen molar-refractivity contribution in [2.75, 3.05) is 14.2 Å². The van der Waals surface area contributed by atoms with Crippen molar-refractivity contribution >= 4 is 17.6 Å². The molecule has 0 aliphatic heterocycles. The third kappa shape index (κ3) is 4.79. The van der Waals surface area contributed by atoms with Gasteiger partial charge in [0.25, 0.3) is 0 Å². The van der Waals surface area contributed by atoms with Crippen LogP contribution in [0.5, 0.6) is 11.5 Å². The van der Waals surface area contributed by atoms with Gasteiger partial charge in [0.1, 0.15) is 0 Å². The average Bonchev–Trinajstić information content (AvgIpc) is 2.58. The Morgan fingerprint density at radius 3 is 2.35 bits per heavy atom. The number of hydrogen-bond donors (Lipinski definition) is 2. The first-order valence-corrected chi connectivity index (χ1v) is 7.48. The molecule has 6 heteroatoms. The number of carbonyl (C=O) groups is 1. The predicted molar refractivity (Wildman–Crippen MR) is 90.1 cm³/mol. The van der Waals surface area contributed by atoms with Crippen LogP contribution in [0.1, 0.15) is 11.1 Å². The quantitative estimate of drug-likeness (QED) is 0.851. The zero-order valence-corrected chi connectivity index (χ0v) is 13.8. The molecule has 0 radical (unpaired) electrons. The molecule has 5 nitrogen and oxygen atoms in total. The molecule has 0 atom stereocenters. The molecule has 0 saturated heterocycles. The minimum absolute atomic E-state index is 0.259. The largest absolute Gasteiger partial charge is 0.493 e. The van der Waals surface area contributed by atoms with Gasteiger partial charge in [-0.2, -0.15) is 0 Å². The maximum Gasteiger partial charge on any atom is 0.315 e. The van der Waals surface area contributed by atoms with E-state index in [1.54, 1.807) is 26.4 Å². The highest BCUT2D eigenvalue weighted by Gasteiger charge is 2.10. The maximum atomic E-state index is 11.9. The number of para-hydroxylation sites is 1. The van der Waals surface area contributed by atoms with Gasteiger partial charge in [0.15, 0.2) is 11.5 Å². The van der Waals surface area contributed by atoms with Crippen LogP contribution in [0.3, 0.4) is 0 Å². The summed E-state index contributed by atoms with van der Waals surface area (Å²) in [7, 11) is 3.15. The zero-order valence-electron chi connectivity index (χ0n) is 13.1. The second kappa shape index (κ2) is 8.29. The van der Waals surface area contributed by atoms with Crippen LogP contribution < -0.4 is 20.1 Å². The number of hydrogen-bond acceptors (Lipinski definition) is 3. The lowest BCUT2D eigenvalue weighted by molar-refractivity contribution is 0.240. The summed E-state index contributed by atoms with van der Waals surface area (Å²) in [6.45, 7) is 0.769. The first-order valence-electron chi connectivity index (χ1n) is 7.10. The average molecular weight is 335 g/mol. The van der Waals surface area contributed by atoms with E-state index >= 15 is 0 Å². The van der Waals surface area contributed by atoms with Gasteiger partial charge in [-0.15, -0.1) is 0 Å². The van der Waals surface area contributed by atoms with E-state index < -0.39 is 0 Å². The van der Waals surface area contributed by atoms with Gasteiger partial charge >= 0.3 is 6.03 Å². The molecule has 23 heavy (non-hydrogen) atoms. The number of rotatable bonds is 6. The number of ether oxygens (including phenoxy) is 2. The molecule has 0 aliphatic rings. The molecule has 2 aromatic carbocycles. The van der Waals surface area contributed by atoms with Crippen LogP contribution in [-0.2, 0) is 13.1 Å². The van der Waals surface area contributed by atoms with Gasteiger partial charge in [0.05, 0.1) is 14.2 Å². The highest BCUT2D eigenvalue weighted by Crippen LogP contribution is 2.30. The summed E-state index contributed by atoms with van der Waals surface area (Å²) in [5.74, 6) is 1.25. The Kier molecular flexibility index (Phi) is 6.11. The van der Waals surface area contributed by atoms with E-state index in [-0.39, 0.29) is 6.03 Å². The second-order valence-corrected chi connectivity index (χ2v) is 5.25. The molecule has 0 saturated carbocycles. The monoisotopic (exact) mass is 334 g/mol. The lowest BCUT2D eigenvalue weighted by Crippen LogP contribution is -2.34. The predicted octanol–water partition coefficient (Wildman–Crippen LogP) is 3.36. The Labute approximate surface area is 140 Å². The van der Waals surface area contributed by atoms with Crippen molar-refractivity contribution in [1.82, 2.24) is 10.6 Å². The lowest BCUT2D eigenvalue weighted by atomic mass is 10.2. The van der Waals surface area contributed by atoms with Crippen LogP contribution in [0.4, 0.5) is 4.79 Å². The minimum Gasteiger partial charge on any atom is -0.493 e. The summed E-state index contributed by atoms with van der Waals surface area (Å²) in [5, 5.41) is 6.25. The Balaban J connectivity index is 1.88. The third-order valence-corrected chi connectivity index (χ3v) is 3.54. The molecule has 0 aromatic heterocycles. The zero-order chi connectivity index (χ0) is 16.7. The summed E-state index contributed by atoms with van der Waals surface area (Å²) >= 11 is 5.82. The SMILES string of the molecule is COc1cccc(CNC(=O)NCc2ccc(Cl)cc2)c1OC. The van der Waals surface area contributed by atoms with E-state index in [9.17, 15) is 4.79 Å². The molecular formula is C17H19ClN2O3. The van der Waals surface area contributed by atoms with E-state index in [1.165, 1.54) is 0 Å². The summed E-state index contributed by atoms with van der Waals surface area (Å²) in [5.41, 5.74) is 1.82. The van der Waals surface area contributed by atoms with Crippen LogP contribution in [0.25, 0.3) is 0 Å². The number of amides is 2. The van der Waals surface area contributed by atoms with E-state index in [0.29, 0.717) is 29.6 Å². The Bertz CT molecular complexity index is 659. The fourth-order valence-corrected chi connectivity index (χ4v) is 2.24. The molecule has 2 aromatic rings. The van der Waals surface area contributed by atoms with Gasteiger partial charge in [-0.1, -0.05) is 35.9 Å². The molecule has 0 heterocycles. The van der Waals surface area contributed by atoms with Gasteiger partial charge in [-0.3, -0.25) is 0 Å². The van der Waals surface area contributed by atoms with Gasteiger partial charge in [0, 0.05) is 23.7 Å². The van der Waals surface area contributed by atoms with Crippen LogP contribution in [0, 0.1) is 0 Å². The highest BCUT2D eigenvalue weighted by atomic mass is 35.5. The topological polar surface area (TPSA) is 59.6 Å². The lowest BCUT2D eigenvalue weighted by Gasteiger charge is -2.13. The summed E-state index contributed by atoms with van der Waals surface area (Å²) in [6.07, 6.45) is 0. The summed E-state index contributed by atoms with van der Waals surface area (Å²) in [6, 6.07) is 12.6. The highest BCUT2D eigenvalue weighted by molar-refractivity contribution is 6.30. The van der Waals surface area contributed by atoms with E-state index in [0.717, 1.165) is 11.1 Å². The van der Waals surface area contributed by atoms with Crippen molar-refractivity contribution in [3.05, 3.63) is 58.6 Å². The van der Waals surface area contributed by atoms with Gasteiger partial charge in [0.2, 0.25) is 0 Å². The molecular weight excluding hydrogens is 316 g/mol. The minimum atomic E-state index is -0.259.